The summed E-state index contributed by atoms with van der Waals surface area (Å²) < 4.78 is 1.12. The quantitative estimate of drug-likeness (QED) is 0.629. The summed E-state index contributed by atoms with van der Waals surface area (Å²) in [4.78, 5) is 4.41. The third kappa shape index (κ3) is 0.975. The van der Waals surface area contributed by atoms with E-state index in [-0.39, 0.29) is 0 Å². The molecule has 3 heteroatoms. The monoisotopic (exact) mass is 178 g/mol. The molecule has 0 amide bonds. The molecule has 1 heterocycles. The van der Waals surface area contributed by atoms with E-state index < -0.39 is 0 Å². The summed E-state index contributed by atoms with van der Waals surface area (Å²) in [5, 5.41) is 1.08. The average Bonchev–Trinajstić information content (AvgIpc) is 2.41. The van der Waals surface area contributed by atoms with Gasteiger partial charge in [-0.2, -0.15) is 0 Å². The van der Waals surface area contributed by atoms with E-state index in [4.69, 9.17) is 5.73 Å². The first kappa shape index (κ1) is 7.55. The van der Waals surface area contributed by atoms with Gasteiger partial charge in [-0.05, 0) is 25.5 Å². The maximum Gasteiger partial charge on any atom is 0.0908 e. The zero-order valence-corrected chi connectivity index (χ0v) is 7.90. The Hall–Kier alpha value is -1.09. The number of rotatable bonds is 0. The van der Waals surface area contributed by atoms with Crippen LogP contribution in [0.15, 0.2) is 12.1 Å². The molecule has 1 aromatic carbocycles. The van der Waals surface area contributed by atoms with Gasteiger partial charge in [0.2, 0.25) is 0 Å². The van der Waals surface area contributed by atoms with Crippen LogP contribution in [0.4, 0.5) is 5.69 Å². The van der Waals surface area contributed by atoms with Crippen LogP contribution in [-0.4, -0.2) is 4.98 Å². The molecule has 2 aromatic rings. The van der Waals surface area contributed by atoms with E-state index in [0.29, 0.717) is 0 Å². The number of nitrogen functional groups attached to an aromatic ring is 1. The zero-order valence-electron chi connectivity index (χ0n) is 7.09. The summed E-state index contributed by atoms with van der Waals surface area (Å²) in [6.07, 6.45) is 0. The number of hydrogen-bond donors (Lipinski definition) is 1. The lowest BCUT2D eigenvalue weighted by Crippen LogP contribution is -1.85. The Labute approximate surface area is 75.0 Å². The molecule has 12 heavy (non-hydrogen) atoms. The molecular weight excluding hydrogens is 168 g/mol. The molecule has 0 saturated heterocycles. The normalized spacial score (nSPS) is 10.8. The van der Waals surface area contributed by atoms with Crippen molar-refractivity contribution in [3.8, 4) is 0 Å². The van der Waals surface area contributed by atoms with Crippen molar-refractivity contribution in [1.29, 1.82) is 0 Å². The minimum Gasteiger partial charge on any atom is -0.398 e. The molecule has 0 aliphatic rings. The zero-order chi connectivity index (χ0) is 8.72. The molecule has 0 radical (unpaired) electrons. The van der Waals surface area contributed by atoms with Gasteiger partial charge in [0.15, 0.2) is 0 Å². The first-order valence-corrected chi connectivity index (χ1v) is 4.62. The fraction of sp³-hybridized carbons (Fsp3) is 0.222. The van der Waals surface area contributed by atoms with E-state index in [2.05, 4.69) is 11.9 Å². The minimum atomic E-state index is 0.834. The van der Waals surface area contributed by atoms with Gasteiger partial charge in [-0.25, -0.2) is 4.98 Å². The standard InChI is InChI=1S/C9H10N2S/c1-5-3-4-7(10)9-8(5)11-6(2)12-9/h3-4H,10H2,1-2H3. The highest BCUT2D eigenvalue weighted by Gasteiger charge is 2.05. The Balaban J connectivity index is 2.93. The molecule has 2 N–H and O–H groups in total. The van der Waals surface area contributed by atoms with Crippen molar-refractivity contribution < 1.29 is 0 Å². The van der Waals surface area contributed by atoms with Crippen LogP contribution in [0.25, 0.3) is 10.2 Å². The third-order valence-corrected chi connectivity index (χ3v) is 2.90. The Kier molecular flexibility index (Phi) is 1.54. The number of aromatic nitrogens is 1. The highest BCUT2D eigenvalue weighted by Crippen LogP contribution is 2.29. The molecule has 0 saturated carbocycles. The Bertz CT molecular complexity index is 392. The lowest BCUT2D eigenvalue weighted by molar-refractivity contribution is 1.32. The number of hydrogen-bond acceptors (Lipinski definition) is 3. The molecular formula is C9H10N2S. The smallest absolute Gasteiger partial charge is 0.0908 e. The predicted molar refractivity (Wildman–Crippen MR) is 53.5 cm³/mol. The average molecular weight is 178 g/mol. The maximum absolute atomic E-state index is 5.81. The van der Waals surface area contributed by atoms with Crippen LogP contribution in [0.5, 0.6) is 0 Å². The highest BCUT2D eigenvalue weighted by atomic mass is 32.1. The van der Waals surface area contributed by atoms with Crippen LogP contribution < -0.4 is 5.73 Å². The Morgan fingerprint density at radius 1 is 1.33 bits per heavy atom. The van der Waals surface area contributed by atoms with Gasteiger partial charge in [0, 0.05) is 0 Å². The first-order chi connectivity index (χ1) is 5.68. The fourth-order valence-corrected chi connectivity index (χ4v) is 2.18. The second-order valence-corrected chi connectivity index (χ2v) is 4.09. The SMILES string of the molecule is Cc1nc2c(C)ccc(N)c2s1. The van der Waals surface area contributed by atoms with Crippen molar-refractivity contribution in [1.82, 2.24) is 4.98 Å². The molecule has 1 aromatic heterocycles. The van der Waals surface area contributed by atoms with E-state index in [0.717, 1.165) is 20.9 Å². The van der Waals surface area contributed by atoms with E-state index in [1.807, 2.05) is 19.1 Å². The predicted octanol–water partition coefficient (Wildman–Crippen LogP) is 2.50. The number of thiazole rings is 1. The van der Waals surface area contributed by atoms with Gasteiger partial charge in [0.05, 0.1) is 20.9 Å². The summed E-state index contributed by atoms with van der Waals surface area (Å²) in [5.41, 5.74) is 8.89. The highest BCUT2D eigenvalue weighted by molar-refractivity contribution is 7.19. The number of fused-ring (bicyclic) bond motifs is 1. The molecule has 0 spiro atoms. The van der Waals surface area contributed by atoms with Crippen molar-refractivity contribution in [3.63, 3.8) is 0 Å². The van der Waals surface area contributed by atoms with Crippen molar-refractivity contribution >= 4 is 27.2 Å². The third-order valence-electron chi connectivity index (χ3n) is 1.88. The molecule has 0 atom stereocenters. The van der Waals surface area contributed by atoms with Crippen molar-refractivity contribution in [2.75, 3.05) is 5.73 Å². The maximum atomic E-state index is 5.81. The van der Waals surface area contributed by atoms with Gasteiger partial charge in [-0.15, -0.1) is 11.3 Å². The molecule has 0 aliphatic carbocycles. The molecule has 62 valence electrons. The van der Waals surface area contributed by atoms with E-state index >= 15 is 0 Å². The first-order valence-electron chi connectivity index (χ1n) is 3.80. The topological polar surface area (TPSA) is 38.9 Å². The summed E-state index contributed by atoms with van der Waals surface area (Å²) >= 11 is 1.66. The van der Waals surface area contributed by atoms with Crippen LogP contribution in [-0.2, 0) is 0 Å². The van der Waals surface area contributed by atoms with E-state index in [1.54, 1.807) is 11.3 Å². The number of benzene rings is 1. The second kappa shape index (κ2) is 2.45. The van der Waals surface area contributed by atoms with Crippen LogP contribution in [0.1, 0.15) is 10.6 Å². The second-order valence-electron chi connectivity index (χ2n) is 2.88. The van der Waals surface area contributed by atoms with Gasteiger partial charge in [0.25, 0.3) is 0 Å². The van der Waals surface area contributed by atoms with E-state index in [1.165, 1.54) is 5.56 Å². The van der Waals surface area contributed by atoms with Crippen LogP contribution in [0.2, 0.25) is 0 Å². The largest absolute Gasteiger partial charge is 0.398 e. The number of nitrogens with two attached hydrogens (primary N) is 1. The summed E-state index contributed by atoms with van der Waals surface area (Å²) in [7, 11) is 0. The fourth-order valence-electron chi connectivity index (χ4n) is 1.26. The Morgan fingerprint density at radius 3 is 2.75 bits per heavy atom. The molecule has 0 unspecified atom stereocenters. The van der Waals surface area contributed by atoms with Crippen LogP contribution >= 0.6 is 11.3 Å². The molecule has 0 fully saturated rings. The summed E-state index contributed by atoms with van der Waals surface area (Å²) in [6.45, 7) is 4.06. The lowest BCUT2D eigenvalue weighted by Gasteiger charge is -1.96. The van der Waals surface area contributed by atoms with Crippen molar-refractivity contribution in [2.24, 2.45) is 0 Å². The summed E-state index contributed by atoms with van der Waals surface area (Å²) in [5.74, 6) is 0. The van der Waals surface area contributed by atoms with Crippen LogP contribution in [0, 0.1) is 13.8 Å². The number of aryl methyl sites for hydroxylation is 2. The minimum absolute atomic E-state index is 0.834. The van der Waals surface area contributed by atoms with Gasteiger partial charge in [-0.1, -0.05) is 6.07 Å². The Morgan fingerprint density at radius 2 is 2.08 bits per heavy atom. The molecule has 0 bridgehead atoms. The van der Waals surface area contributed by atoms with Crippen molar-refractivity contribution in [3.05, 3.63) is 22.7 Å². The van der Waals surface area contributed by atoms with Crippen LogP contribution in [0.3, 0.4) is 0 Å². The van der Waals surface area contributed by atoms with Gasteiger partial charge >= 0.3 is 0 Å². The number of anilines is 1. The summed E-state index contributed by atoms with van der Waals surface area (Å²) in [6, 6.07) is 3.95. The van der Waals surface area contributed by atoms with Crippen molar-refractivity contribution in [2.45, 2.75) is 13.8 Å². The van der Waals surface area contributed by atoms with E-state index in [9.17, 15) is 0 Å². The molecule has 0 aliphatic heterocycles. The lowest BCUT2D eigenvalue weighted by atomic mass is 10.2. The number of nitrogens with zero attached hydrogens (tertiary/aromatic N) is 1. The molecule has 2 nitrogen and oxygen atoms in total. The van der Waals surface area contributed by atoms with Gasteiger partial charge in [-0.3, -0.25) is 0 Å². The molecule has 2 rings (SSSR count). The van der Waals surface area contributed by atoms with Gasteiger partial charge in [0.1, 0.15) is 0 Å². The van der Waals surface area contributed by atoms with Gasteiger partial charge < -0.3 is 5.73 Å².